The van der Waals surface area contributed by atoms with E-state index in [2.05, 4.69) is 5.32 Å². The molecular weight excluding hydrogens is 447 g/mol. The minimum absolute atomic E-state index is 0.00962. The standard InChI is InChI=1S/C23H21FN4O2S2/c24-16-5-7-17(8-6-16)28-22(30)20-19(9-12-32-20)26-23(28)27-10-1-3-15(14-27)21(29)25-13-18-4-2-11-31-18/h2,4-9,11-12,15H,1,3,10,13-14H2,(H,25,29)/t15-/m1/s1. The molecule has 1 amide bonds. The van der Waals surface area contributed by atoms with Crippen molar-refractivity contribution >= 4 is 44.7 Å². The summed E-state index contributed by atoms with van der Waals surface area (Å²) < 4.78 is 15.6. The zero-order chi connectivity index (χ0) is 22.1. The summed E-state index contributed by atoms with van der Waals surface area (Å²) >= 11 is 2.95. The van der Waals surface area contributed by atoms with Gasteiger partial charge < -0.3 is 10.2 Å². The van der Waals surface area contributed by atoms with Gasteiger partial charge in [-0.25, -0.2) is 13.9 Å². The molecule has 1 saturated heterocycles. The summed E-state index contributed by atoms with van der Waals surface area (Å²) in [6.07, 6.45) is 1.60. The van der Waals surface area contributed by atoms with Crippen LogP contribution in [0.4, 0.5) is 10.3 Å². The first-order chi connectivity index (χ1) is 15.6. The van der Waals surface area contributed by atoms with Crippen LogP contribution in [-0.4, -0.2) is 28.5 Å². The number of nitrogens with one attached hydrogen (secondary N) is 1. The molecule has 0 bridgehead atoms. The highest BCUT2D eigenvalue weighted by atomic mass is 32.1. The van der Waals surface area contributed by atoms with E-state index >= 15 is 0 Å². The Labute approximate surface area is 192 Å². The van der Waals surface area contributed by atoms with Crippen molar-refractivity contribution in [3.8, 4) is 5.69 Å². The molecule has 1 atom stereocenters. The Balaban J connectivity index is 1.46. The summed E-state index contributed by atoms with van der Waals surface area (Å²) in [5.41, 5.74) is 1.01. The SMILES string of the molecule is O=C(NCc1cccs1)[C@@H]1CCCN(c2nc3ccsc3c(=O)n2-c2ccc(F)cc2)C1. The maximum Gasteiger partial charge on any atom is 0.277 e. The van der Waals surface area contributed by atoms with Crippen molar-refractivity contribution in [2.24, 2.45) is 5.92 Å². The molecule has 0 unspecified atom stereocenters. The molecule has 1 aliphatic heterocycles. The first-order valence-corrected chi connectivity index (χ1v) is 12.2. The molecule has 3 aromatic heterocycles. The molecule has 32 heavy (non-hydrogen) atoms. The monoisotopic (exact) mass is 468 g/mol. The third kappa shape index (κ3) is 4.05. The van der Waals surface area contributed by atoms with Gasteiger partial charge in [0.25, 0.3) is 5.56 Å². The molecule has 164 valence electrons. The molecule has 1 N–H and O–H groups in total. The molecule has 9 heteroatoms. The van der Waals surface area contributed by atoms with Gasteiger partial charge in [0.1, 0.15) is 10.5 Å². The summed E-state index contributed by atoms with van der Waals surface area (Å²) in [6.45, 7) is 1.68. The lowest BCUT2D eigenvalue weighted by molar-refractivity contribution is -0.125. The molecule has 4 aromatic rings. The van der Waals surface area contributed by atoms with E-state index in [0.29, 0.717) is 41.5 Å². The van der Waals surface area contributed by atoms with E-state index in [4.69, 9.17) is 4.98 Å². The number of anilines is 1. The third-order valence-electron chi connectivity index (χ3n) is 5.64. The van der Waals surface area contributed by atoms with Gasteiger partial charge in [-0.15, -0.1) is 22.7 Å². The van der Waals surface area contributed by atoms with Crippen LogP contribution in [0.3, 0.4) is 0 Å². The van der Waals surface area contributed by atoms with E-state index < -0.39 is 0 Å². The second-order valence-corrected chi connectivity index (χ2v) is 9.69. The van der Waals surface area contributed by atoms with Crippen molar-refractivity contribution in [3.05, 3.63) is 74.3 Å². The predicted octanol–water partition coefficient (Wildman–Crippen LogP) is 4.18. The Bertz CT molecular complexity index is 1300. The Morgan fingerprint density at radius 3 is 2.78 bits per heavy atom. The molecule has 1 aliphatic rings. The van der Waals surface area contributed by atoms with E-state index in [-0.39, 0.29) is 23.2 Å². The van der Waals surface area contributed by atoms with Crippen LogP contribution in [0.5, 0.6) is 0 Å². The number of carbonyl (C=O) groups excluding carboxylic acids is 1. The molecule has 1 fully saturated rings. The van der Waals surface area contributed by atoms with E-state index in [9.17, 15) is 14.0 Å². The van der Waals surface area contributed by atoms with Crippen LogP contribution >= 0.6 is 22.7 Å². The molecular formula is C23H21FN4O2S2. The van der Waals surface area contributed by atoms with E-state index in [1.54, 1.807) is 23.5 Å². The van der Waals surface area contributed by atoms with Crippen molar-refractivity contribution in [2.45, 2.75) is 19.4 Å². The largest absolute Gasteiger partial charge is 0.351 e. The fourth-order valence-electron chi connectivity index (χ4n) is 4.04. The average molecular weight is 469 g/mol. The maximum absolute atomic E-state index is 13.5. The first kappa shape index (κ1) is 20.8. The highest BCUT2D eigenvalue weighted by Crippen LogP contribution is 2.26. The average Bonchev–Trinajstić information content (AvgIpc) is 3.50. The lowest BCUT2D eigenvalue weighted by Gasteiger charge is -2.34. The zero-order valence-electron chi connectivity index (χ0n) is 17.2. The molecule has 0 aliphatic carbocycles. The smallest absolute Gasteiger partial charge is 0.277 e. The Morgan fingerprint density at radius 2 is 2.00 bits per heavy atom. The number of thiophene rings is 2. The number of hydrogen-bond acceptors (Lipinski definition) is 6. The topological polar surface area (TPSA) is 67.2 Å². The molecule has 6 nitrogen and oxygen atoms in total. The highest BCUT2D eigenvalue weighted by Gasteiger charge is 2.29. The van der Waals surface area contributed by atoms with Crippen molar-refractivity contribution < 1.29 is 9.18 Å². The van der Waals surface area contributed by atoms with Crippen LogP contribution < -0.4 is 15.8 Å². The molecule has 0 radical (unpaired) electrons. The Hall–Kier alpha value is -3.04. The van der Waals surface area contributed by atoms with Gasteiger partial charge in [-0.05, 0) is 60.0 Å². The maximum atomic E-state index is 13.5. The van der Waals surface area contributed by atoms with Crippen LogP contribution in [0.1, 0.15) is 17.7 Å². The molecule has 0 spiro atoms. The van der Waals surface area contributed by atoms with Crippen LogP contribution in [0.2, 0.25) is 0 Å². The van der Waals surface area contributed by atoms with Gasteiger partial charge in [-0.2, -0.15) is 0 Å². The fraction of sp³-hybridized carbons (Fsp3) is 0.261. The summed E-state index contributed by atoms with van der Waals surface area (Å²) in [4.78, 5) is 34.0. The summed E-state index contributed by atoms with van der Waals surface area (Å²) in [7, 11) is 0. The van der Waals surface area contributed by atoms with E-state index in [1.165, 1.54) is 28.0 Å². The second kappa shape index (κ2) is 8.84. The van der Waals surface area contributed by atoms with E-state index in [1.807, 2.05) is 33.9 Å². The minimum atomic E-state index is -0.367. The number of amides is 1. The fourth-order valence-corrected chi connectivity index (χ4v) is 5.44. The second-order valence-electron chi connectivity index (χ2n) is 7.75. The van der Waals surface area contributed by atoms with Crippen LogP contribution in [-0.2, 0) is 11.3 Å². The van der Waals surface area contributed by atoms with Gasteiger partial charge in [0.15, 0.2) is 0 Å². The third-order valence-corrected chi connectivity index (χ3v) is 7.41. The molecule has 1 aromatic carbocycles. The van der Waals surface area contributed by atoms with Gasteiger partial charge in [0.05, 0.1) is 23.7 Å². The lowest BCUT2D eigenvalue weighted by atomic mass is 9.97. The quantitative estimate of drug-likeness (QED) is 0.477. The minimum Gasteiger partial charge on any atom is -0.351 e. The Kier molecular flexibility index (Phi) is 5.75. The number of piperidine rings is 1. The summed E-state index contributed by atoms with van der Waals surface area (Å²) in [6, 6.07) is 11.6. The number of nitrogens with zero attached hydrogens (tertiary/aromatic N) is 3. The van der Waals surface area contributed by atoms with Gasteiger partial charge in [0.2, 0.25) is 11.9 Å². The number of rotatable bonds is 5. The zero-order valence-corrected chi connectivity index (χ0v) is 18.8. The van der Waals surface area contributed by atoms with E-state index in [0.717, 1.165) is 17.7 Å². The van der Waals surface area contributed by atoms with Crippen LogP contribution in [0, 0.1) is 11.7 Å². The summed E-state index contributed by atoms with van der Waals surface area (Å²) in [5, 5.41) is 6.87. The van der Waals surface area contributed by atoms with Gasteiger partial charge in [-0.1, -0.05) is 6.07 Å². The number of fused-ring (bicyclic) bond motifs is 1. The van der Waals surface area contributed by atoms with Crippen molar-refractivity contribution in [3.63, 3.8) is 0 Å². The number of aromatic nitrogens is 2. The number of carbonyl (C=O) groups is 1. The number of hydrogen-bond donors (Lipinski definition) is 1. The lowest BCUT2D eigenvalue weighted by Crippen LogP contribution is -2.45. The first-order valence-electron chi connectivity index (χ1n) is 10.4. The molecule has 5 rings (SSSR count). The molecule has 0 saturated carbocycles. The van der Waals surface area contributed by atoms with Gasteiger partial charge in [-0.3, -0.25) is 9.59 Å². The van der Waals surface area contributed by atoms with Crippen molar-refractivity contribution in [1.82, 2.24) is 14.9 Å². The van der Waals surface area contributed by atoms with Crippen molar-refractivity contribution in [2.75, 3.05) is 18.0 Å². The highest BCUT2D eigenvalue weighted by molar-refractivity contribution is 7.17. The van der Waals surface area contributed by atoms with Gasteiger partial charge >= 0.3 is 0 Å². The number of halogens is 1. The van der Waals surface area contributed by atoms with Crippen LogP contribution in [0.15, 0.2) is 58.0 Å². The normalized spacial score (nSPS) is 16.4. The van der Waals surface area contributed by atoms with Crippen molar-refractivity contribution in [1.29, 1.82) is 0 Å². The van der Waals surface area contributed by atoms with Gasteiger partial charge in [0, 0.05) is 18.0 Å². The number of benzene rings is 1. The summed E-state index contributed by atoms with van der Waals surface area (Å²) in [5.74, 6) is -0.0620. The predicted molar refractivity (Wildman–Crippen MR) is 126 cm³/mol. The molecule has 4 heterocycles. The van der Waals surface area contributed by atoms with Crippen LogP contribution in [0.25, 0.3) is 15.9 Å². The Morgan fingerprint density at radius 1 is 1.16 bits per heavy atom.